The number of aromatic amines is 1. The van der Waals surface area contributed by atoms with E-state index in [1.54, 1.807) is 0 Å². The van der Waals surface area contributed by atoms with Gasteiger partial charge in [-0.2, -0.15) is 4.98 Å². The van der Waals surface area contributed by atoms with E-state index >= 15 is 0 Å². The number of aliphatic hydroxyl groups excluding tert-OH is 1. The molecule has 0 unspecified atom stereocenters. The minimum atomic E-state index is -0.250. The van der Waals surface area contributed by atoms with Crippen molar-refractivity contribution in [3.63, 3.8) is 0 Å². The monoisotopic (exact) mass is 325 g/mol. The predicted molar refractivity (Wildman–Crippen MR) is 81.3 cm³/mol. The molecule has 0 aliphatic carbocycles. The Kier molecular flexibility index (Phi) is 5.19. The van der Waals surface area contributed by atoms with Gasteiger partial charge >= 0.3 is 0 Å². The number of carboxylic acid groups (broad SMARTS) is 1. The van der Waals surface area contributed by atoms with Gasteiger partial charge in [-0.15, -0.1) is 5.10 Å². The molecule has 1 amide bonds. The van der Waals surface area contributed by atoms with Crippen LogP contribution in [0.2, 0.25) is 0 Å². The number of aromatic nitrogens is 3. The van der Waals surface area contributed by atoms with E-state index in [-0.39, 0.29) is 48.9 Å². The summed E-state index contributed by atoms with van der Waals surface area (Å²) in [6.45, 7) is 2.00. The second-order valence-corrected chi connectivity index (χ2v) is 6.05. The zero-order valence-electron chi connectivity index (χ0n) is 13.1. The first kappa shape index (κ1) is 17.2. The van der Waals surface area contributed by atoms with Crippen LogP contribution in [-0.4, -0.2) is 61.4 Å². The maximum Gasteiger partial charge on any atom is 0.290 e. The summed E-state index contributed by atoms with van der Waals surface area (Å²) >= 11 is 0. The number of nitrogens with zero attached hydrogens (tertiary/aromatic N) is 3. The quantitative estimate of drug-likeness (QED) is 0.560. The number of carbonyl (C=O) groups is 2. The van der Waals surface area contributed by atoms with Crippen molar-refractivity contribution in [3.8, 4) is 0 Å². The van der Waals surface area contributed by atoms with E-state index < -0.39 is 0 Å². The second-order valence-electron chi connectivity index (χ2n) is 6.05. The molecule has 3 rings (SSSR count). The van der Waals surface area contributed by atoms with Gasteiger partial charge in [0, 0.05) is 17.5 Å². The lowest BCUT2D eigenvalue weighted by atomic mass is 9.72. The van der Waals surface area contributed by atoms with Crippen molar-refractivity contribution in [1.29, 1.82) is 0 Å². The minimum absolute atomic E-state index is 0.0532. The van der Waals surface area contributed by atoms with Crippen LogP contribution in [0.4, 0.5) is 5.95 Å². The van der Waals surface area contributed by atoms with Gasteiger partial charge in [-0.05, 0) is 25.7 Å². The summed E-state index contributed by atoms with van der Waals surface area (Å²) in [5.74, 6) is 0.720. The molecule has 23 heavy (non-hydrogen) atoms. The van der Waals surface area contributed by atoms with Crippen LogP contribution in [0, 0.1) is 5.41 Å². The number of H-pyrrole nitrogens is 1. The van der Waals surface area contributed by atoms with Crippen LogP contribution in [0.15, 0.2) is 0 Å². The molecule has 0 saturated carbocycles. The lowest BCUT2D eigenvalue weighted by Crippen LogP contribution is -2.43. The number of anilines is 1. The van der Waals surface area contributed by atoms with Gasteiger partial charge in [-0.1, -0.05) is 6.92 Å². The van der Waals surface area contributed by atoms with Crippen molar-refractivity contribution >= 4 is 18.3 Å². The molecular formula is C14H23N5O4. The third kappa shape index (κ3) is 3.14. The van der Waals surface area contributed by atoms with Gasteiger partial charge in [-0.3, -0.25) is 14.7 Å². The van der Waals surface area contributed by atoms with Crippen LogP contribution in [0.1, 0.15) is 38.4 Å². The molecule has 9 heteroatoms. The summed E-state index contributed by atoms with van der Waals surface area (Å²) in [4.78, 5) is 26.8. The van der Waals surface area contributed by atoms with E-state index in [1.807, 2.05) is 4.90 Å². The van der Waals surface area contributed by atoms with E-state index in [1.165, 1.54) is 0 Å². The molecule has 0 aromatic carbocycles. The molecule has 2 bridgehead atoms. The predicted octanol–water partition coefficient (Wildman–Crippen LogP) is -0.218. The molecule has 2 aliphatic rings. The van der Waals surface area contributed by atoms with E-state index in [9.17, 15) is 9.90 Å². The number of rotatable bonds is 4. The number of aliphatic hydroxyl groups is 1. The molecule has 9 nitrogen and oxygen atoms in total. The van der Waals surface area contributed by atoms with Crippen LogP contribution in [0.5, 0.6) is 0 Å². The van der Waals surface area contributed by atoms with Crippen LogP contribution in [0.25, 0.3) is 0 Å². The number of amides is 1. The van der Waals surface area contributed by atoms with Gasteiger partial charge < -0.3 is 20.8 Å². The maximum atomic E-state index is 12.5. The van der Waals surface area contributed by atoms with Crippen molar-refractivity contribution in [2.24, 2.45) is 5.41 Å². The third-order valence-corrected chi connectivity index (χ3v) is 5.03. The van der Waals surface area contributed by atoms with Crippen molar-refractivity contribution in [1.82, 2.24) is 20.1 Å². The summed E-state index contributed by atoms with van der Waals surface area (Å²) in [5.41, 5.74) is 5.34. The minimum Gasteiger partial charge on any atom is -0.483 e. The summed E-state index contributed by atoms with van der Waals surface area (Å²) in [5, 5.41) is 23.1. The summed E-state index contributed by atoms with van der Waals surface area (Å²) in [6.07, 6.45) is 4.04. The molecule has 2 aliphatic heterocycles. The van der Waals surface area contributed by atoms with Gasteiger partial charge in [0.1, 0.15) is 5.82 Å². The number of nitrogens with two attached hydrogens (primary N) is 1. The van der Waals surface area contributed by atoms with Gasteiger partial charge in [0.25, 0.3) is 6.47 Å². The Bertz CT molecular complexity index is 557. The van der Waals surface area contributed by atoms with Crippen molar-refractivity contribution < 1.29 is 19.8 Å². The molecule has 3 atom stereocenters. The van der Waals surface area contributed by atoms with Gasteiger partial charge in [0.2, 0.25) is 11.9 Å². The Morgan fingerprint density at radius 2 is 2.26 bits per heavy atom. The topological polar surface area (TPSA) is 145 Å². The van der Waals surface area contributed by atoms with E-state index in [4.69, 9.17) is 15.6 Å². The zero-order chi connectivity index (χ0) is 17.0. The zero-order valence-corrected chi connectivity index (χ0v) is 13.1. The van der Waals surface area contributed by atoms with Gasteiger partial charge in [0.05, 0.1) is 13.0 Å². The Morgan fingerprint density at radius 3 is 2.74 bits per heavy atom. The molecule has 0 radical (unpaired) electrons. The molecule has 3 heterocycles. The van der Waals surface area contributed by atoms with E-state index in [0.29, 0.717) is 5.82 Å². The smallest absolute Gasteiger partial charge is 0.290 e. The molecular weight excluding hydrogens is 302 g/mol. The standard InChI is InChI=1S/C13H21N5O2.CH2O2/c1-2-13(7-19)6-8-3-4-9(13)18(8)11(20)5-10-15-12(14)17-16-10;2-1-3/h8-9,19H,2-7H2,1H3,(H3,14,15,16,17);1H,(H,2,3)/t8-,9+,13-;/m1./s1. The number of hydrogen-bond acceptors (Lipinski definition) is 6. The summed E-state index contributed by atoms with van der Waals surface area (Å²) < 4.78 is 0. The number of nitrogens with one attached hydrogen (secondary N) is 1. The lowest BCUT2D eigenvalue weighted by molar-refractivity contribution is -0.132. The highest BCUT2D eigenvalue weighted by Crippen LogP contribution is 2.51. The first-order chi connectivity index (χ1) is 11.0. The number of carbonyl (C=O) groups excluding carboxylic acids is 1. The van der Waals surface area contributed by atoms with Crippen molar-refractivity contribution in [2.45, 2.75) is 51.1 Å². The fraction of sp³-hybridized carbons (Fsp3) is 0.714. The highest BCUT2D eigenvalue weighted by molar-refractivity contribution is 5.79. The highest BCUT2D eigenvalue weighted by Gasteiger charge is 2.56. The number of nitrogen functional groups attached to an aromatic ring is 1. The Hall–Kier alpha value is -2.16. The molecule has 1 aromatic heterocycles. The van der Waals surface area contributed by atoms with Crippen LogP contribution >= 0.6 is 0 Å². The molecule has 2 saturated heterocycles. The summed E-state index contributed by atoms with van der Waals surface area (Å²) in [6, 6.07) is 0.426. The fourth-order valence-electron chi connectivity index (χ4n) is 3.95. The third-order valence-electron chi connectivity index (χ3n) is 5.03. The van der Waals surface area contributed by atoms with E-state index in [0.717, 1.165) is 25.7 Å². The Balaban J connectivity index is 0.000000595. The first-order valence-electron chi connectivity index (χ1n) is 7.68. The molecule has 2 fully saturated rings. The Labute approximate surface area is 133 Å². The number of fused-ring (bicyclic) bond motifs is 2. The van der Waals surface area contributed by atoms with Crippen LogP contribution in [-0.2, 0) is 16.0 Å². The second kappa shape index (κ2) is 6.95. The van der Waals surface area contributed by atoms with Crippen molar-refractivity contribution in [3.05, 3.63) is 5.82 Å². The van der Waals surface area contributed by atoms with Gasteiger partial charge in [0.15, 0.2) is 0 Å². The molecule has 0 spiro atoms. The number of hydrogen-bond donors (Lipinski definition) is 4. The molecule has 128 valence electrons. The van der Waals surface area contributed by atoms with Crippen molar-refractivity contribution in [2.75, 3.05) is 12.3 Å². The average Bonchev–Trinajstić information content (AvgIpc) is 3.21. The van der Waals surface area contributed by atoms with Crippen LogP contribution < -0.4 is 5.73 Å². The molecule has 1 aromatic rings. The van der Waals surface area contributed by atoms with E-state index in [2.05, 4.69) is 22.1 Å². The molecule has 5 N–H and O–H groups in total. The largest absolute Gasteiger partial charge is 0.483 e. The Morgan fingerprint density at radius 1 is 1.57 bits per heavy atom. The SMILES string of the molecule is CC[C@]1(CO)C[C@H]2CC[C@@H]1N2C(=O)Cc1nc(N)n[nH]1.O=CO. The maximum absolute atomic E-state index is 12.5. The highest BCUT2D eigenvalue weighted by atomic mass is 16.3. The lowest BCUT2D eigenvalue weighted by Gasteiger charge is -2.34. The normalized spacial score (nSPS) is 28.3. The summed E-state index contributed by atoms with van der Waals surface area (Å²) in [7, 11) is 0. The fourth-order valence-corrected chi connectivity index (χ4v) is 3.95. The van der Waals surface area contributed by atoms with Gasteiger partial charge in [-0.25, -0.2) is 0 Å². The first-order valence-corrected chi connectivity index (χ1v) is 7.68. The average molecular weight is 325 g/mol. The van der Waals surface area contributed by atoms with Crippen LogP contribution in [0.3, 0.4) is 0 Å².